The Hall–Kier alpha value is -5.55. The maximum absolute atomic E-state index is 6.42. The topological polar surface area (TPSA) is 56.7 Å². The average Bonchev–Trinajstić information content (AvgIpc) is 3.61. The van der Waals surface area contributed by atoms with Crippen molar-refractivity contribution < 1.29 is 4.42 Å². The summed E-state index contributed by atoms with van der Waals surface area (Å²) in [4.78, 5) is 14.0. The van der Waals surface area contributed by atoms with Gasteiger partial charge < -0.3 is 8.98 Å². The first-order chi connectivity index (χ1) is 19.8. The number of aromatic nitrogens is 4. The summed E-state index contributed by atoms with van der Waals surface area (Å²) >= 11 is 0. The third-order valence-corrected chi connectivity index (χ3v) is 7.34. The summed E-state index contributed by atoms with van der Waals surface area (Å²) in [6.45, 7) is 0. The van der Waals surface area contributed by atoms with Crippen LogP contribution < -0.4 is 0 Å². The van der Waals surface area contributed by atoms with Gasteiger partial charge in [-0.3, -0.25) is 9.97 Å². The van der Waals surface area contributed by atoms with Gasteiger partial charge in [0.2, 0.25) is 5.89 Å². The molecular formula is C35H22N4O. The van der Waals surface area contributed by atoms with Crippen LogP contribution in [0.1, 0.15) is 0 Å². The average molecular weight is 515 g/mol. The normalized spacial score (nSPS) is 11.5. The molecule has 0 atom stereocenters. The fourth-order valence-corrected chi connectivity index (χ4v) is 5.52. The first-order valence-electron chi connectivity index (χ1n) is 13.2. The lowest BCUT2D eigenvalue weighted by Gasteiger charge is -2.10. The number of hydrogen-bond donors (Lipinski definition) is 0. The van der Waals surface area contributed by atoms with E-state index in [4.69, 9.17) is 9.40 Å². The van der Waals surface area contributed by atoms with Crippen LogP contribution in [0.5, 0.6) is 0 Å². The molecule has 0 aliphatic heterocycles. The van der Waals surface area contributed by atoms with E-state index in [1.165, 1.54) is 10.8 Å². The molecular weight excluding hydrogens is 492 g/mol. The third-order valence-electron chi connectivity index (χ3n) is 7.34. The molecule has 0 N–H and O–H groups in total. The predicted octanol–water partition coefficient (Wildman–Crippen LogP) is 8.72. The van der Waals surface area contributed by atoms with E-state index in [2.05, 4.69) is 81.3 Å². The zero-order valence-corrected chi connectivity index (χ0v) is 21.4. The highest BCUT2D eigenvalue weighted by atomic mass is 16.3. The van der Waals surface area contributed by atoms with Gasteiger partial charge in [0.1, 0.15) is 5.52 Å². The Morgan fingerprint density at radius 1 is 0.550 bits per heavy atom. The number of pyridine rings is 2. The molecule has 4 heterocycles. The van der Waals surface area contributed by atoms with Gasteiger partial charge in [-0.05, 0) is 66.7 Å². The van der Waals surface area contributed by atoms with Crippen molar-refractivity contribution in [2.24, 2.45) is 0 Å². The highest BCUT2D eigenvalue weighted by molar-refractivity contribution is 6.10. The zero-order valence-electron chi connectivity index (χ0n) is 21.4. The third kappa shape index (κ3) is 3.60. The van der Waals surface area contributed by atoms with Crippen molar-refractivity contribution in [1.29, 1.82) is 0 Å². The molecule has 0 spiro atoms. The second kappa shape index (κ2) is 9.03. The van der Waals surface area contributed by atoms with Gasteiger partial charge in [-0.1, -0.05) is 54.6 Å². The van der Waals surface area contributed by atoms with E-state index < -0.39 is 0 Å². The summed E-state index contributed by atoms with van der Waals surface area (Å²) in [5.41, 5.74) is 9.57. The van der Waals surface area contributed by atoms with Crippen LogP contribution in [-0.2, 0) is 0 Å². The van der Waals surface area contributed by atoms with Gasteiger partial charge >= 0.3 is 0 Å². The van der Waals surface area contributed by atoms with Crippen LogP contribution in [0.2, 0.25) is 0 Å². The molecule has 0 radical (unpaired) electrons. The number of rotatable bonds is 4. The van der Waals surface area contributed by atoms with E-state index in [1.54, 1.807) is 6.20 Å². The number of oxazole rings is 1. The molecule has 4 aromatic carbocycles. The van der Waals surface area contributed by atoms with Crippen molar-refractivity contribution >= 4 is 32.9 Å². The van der Waals surface area contributed by atoms with Crippen molar-refractivity contribution in [3.05, 3.63) is 134 Å². The summed E-state index contributed by atoms with van der Waals surface area (Å²) in [7, 11) is 0. The van der Waals surface area contributed by atoms with Gasteiger partial charge in [-0.25, -0.2) is 4.98 Å². The Balaban J connectivity index is 1.33. The number of nitrogens with zero attached hydrogens (tertiary/aromatic N) is 4. The van der Waals surface area contributed by atoms with Crippen LogP contribution in [0.15, 0.2) is 138 Å². The lowest BCUT2D eigenvalue weighted by Crippen LogP contribution is -1.95. The van der Waals surface area contributed by atoms with Gasteiger partial charge in [-0.15, -0.1) is 0 Å². The second-order valence-corrected chi connectivity index (χ2v) is 9.74. The minimum absolute atomic E-state index is 0.583. The molecule has 0 bridgehead atoms. The molecule has 5 nitrogen and oxygen atoms in total. The lowest BCUT2D eigenvalue weighted by molar-refractivity contribution is 0.620. The van der Waals surface area contributed by atoms with Gasteiger partial charge in [-0.2, -0.15) is 0 Å². The minimum atomic E-state index is 0.583. The maximum Gasteiger partial charge on any atom is 0.227 e. The number of hydrogen-bond acceptors (Lipinski definition) is 4. The van der Waals surface area contributed by atoms with Crippen molar-refractivity contribution in [2.45, 2.75) is 0 Å². The Labute approximate surface area is 230 Å². The molecule has 40 heavy (non-hydrogen) atoms. The Kier molecular flexibility index (Phi) is 5.07. The summed E-state index contributed by atoms with van der Waals surface area (Å²) in [5.74, 6) is 0.583. The standard InChI is InChI=1S/C35H22N4O/c1-2-16-32-26(11-1)27-18-17-24(35-38-31-15-8-12-28(34(31)40-35)30-14-4-6-20-37-30)22-33(27)39(32)25-10-7-9-23(21-25)29-13-3-5-19-36-29/h1-22H. The van der Waals surface area contributed by atoms with Gasteiger partial charge in [0.15, 0.2) is 5.58 Å². The Morgan fingerprint density at radius 2 is 1.32 bits per heavy atom. The van der Waals surface area contributed by atoms with Gasteiger partial charge in [0.05, 0.1) is 22.4 Å². The molecule has 0 aliphatic rings. The molecule has 188 valence electrons. The largest absolute Gasteiger partial charge is 0.435 e. The predicted molar refractivity (Wildman–Crippen MR) is 160 cm³/mol. The van der Waals surface area contributed by atoms with Crippen LogP contribution in [0.3, 0.4) is 0 Å². The van der Waals surface area contributed by atoms with Crippen molar-refractivity contribution in [1.82, 2.24) is 19.5 Å². The molecule has 5 heteroatoms. The first kappa shape index (κ1) is 22.4. The second-order valence-electron chi connectivity index (χ2n) is 9.74. The van der Waals surface area contributed by atoms with Crippen molar-refractivity contribution in [2.75, 3.05) is 0 Å². The number of fused-ring (bicyclic) bond motifs is 4. The highest BCUT2D eigenvalue weighted by Crippen LogP contribution is 2.37. The van der Waals surface area contributed by atoms with Crippen LogP contribution in [0, 0.1) is 0 Å². The fourth-order valence-electron chi connectivity index (χ4n) is 5.52. The van der Waals surface area contributed by atoms with E-state index in [-0.39, 0.29) is 0 Å². The molecule has 8 rings (SSSR count). The van der Waals surface area contributed by atoms with E-state index in [0.29, 0.717) is 5.89 Å². The molecule has 0 saturated heterocycles. The van der Waals surface area contributed by atoms with Crippen LogP contribution in [-0.4, -0.2) is 19.5 Å². The van der Waals surface area contributed by atoms with E-state index >= 15 is 0 Å². The summed E-state index contributed by atoms with van der Waals surface area (Å²) < 4.78 is 8.72. The maximum atomic E-state index is 6.42. The quantitative estimate of drug-likeness (QED) is 0.236. The molecule has 0 saturated carbocycles. The van der Waals surface area contributed by atoms with Crippen molar-refractivity contribution in [3.63, 3.8) is 0 Å². The fraction of sp³-hybridized carbons (Fsp3) is 0. The summed E-state index contributed by atoms with van der Waals surface area (Å²) in [6.07, 6.45) is 3.62. The highest BCUT2D eigenvalue weighted by Gasteiger charge is 2.17. The first-order valence-corrected chi connectivity index (χ1v) is 13.2. The zero-order chi connectivity index (χ0) is 26.5. The monoisotopic (exact) mass is 514 g/mol. The van der Waals surface area contributed by atoms with E-state index in [1.807, 2.05) is 60.8 Å². The molecule has 8 aromatic rings. The van der Waals surface area contributed by atoms with Gasteiger partial charge in [0, 0.05) is 45.5 Å². The molecule has 0 aliphatic carbocycles. The van der Waals surface area contributed by atoms with Crippen molar-refractivity contribution in [3.8, 4) is 39.7 Å². The van der Waals surface area contributed by atoms with Crippen LogP contribution >= 0.6 is 0 Å². The van der Waals surface area contributed by atoms with Crippen LogP contribution in [0.25, 0.3) is 72.6 Å². The summed E-state index contributed by atoms with van der Waals surface area (Å²) in [5, 5.41) is 2.37. The molecule has 4 aromatic heterocycles. The Bertz CT molecular complexity index is 2160. The minimum Gasteiger partial charge on any atom is -0.435 e. The smallest absolute Gasteiger partial charge is 0.227 e. The van der Waals surface area contributed by atoms with Crippen LogP contribution in [0.4, 0.5) is 0 Å². The SMILES string of the molecule is c1ccc(-c2cccc(-n3c4ccccc4c4ccc(-c5nc6cccc(-c7ccccn7)c6o5)cc43)c2)nc1. The van der Waals surface area contributed by atoms with Gasteiger partial charge in [0.25, 0.3) is 0 Å². The molecule has 0 fully saturated rings. The summed E-state index contributed by atoms with van der Waals surface area (Å²) in [6, 6.07) is 41.3. The lowest BCUT2D eigenvalue weighted by atomic mass is 10.1. The molecule has 0 amide bonds. The Morgan fingerprint density at radius 3 is 2.17 bits per heavy atom. The number of benzene rings is 4. The molecule has 0 unspecified atom stereocenters. The van der Waals surface area contributed by atoms with E-state index in [9.17, 15) is 0 Å². The van der Waals surface area contributed by atoms with E-state index in [0.717, 1.165) is 55.9 Å². The number of para-hydroxylation sites is 2.